The first-order valence-corrected chi connectivity index (χ1v) is 17.1. The van der Waals surface area contributed by atoms with Gasteiger partial charge in [-0.1, -0.05) is 98.5 Å². The zero-order chi connectivity index (χ0) is 33.3. The summed E-state index contributed by atoms with van der Waals surface area (Å²) in [4.78, 5) is 28.5. The smallest absolute Gasteiger partial charge is 0.410 e. The van der Waals surface area contributed by atoms with Gasteiger partial charge in [-0.2, -0.15) is 0 Å². The van der Waals surface area contributed by atoms with Crippen LogP contribution < -0.4 is 5.32 Å². The van der Waals surface area contributed by atoms with E-state index in [4.69, 9.17) is 18.9 Å². The highest BCUT2D eigenvalue weighted by Gasteiger charge is 2.44. The Kier molecular flexibility index (Phi) is 15.3. The lowest BCUT2D eigenvalue weighted by Gasteiger charge is -2.31. The molecule has 4 rings (SSSR count). The highest BCUT2D eigenvalue weighted by molar-refractivity contribution is 5.69. The van der Waals surface area contributed by atoms with Crippen LogP contribution in [0, 0.1) is 5.92 Å². The molecule has 2 amide bonds. The number of nitrogens with zero attached hydrogens (tertiary/aromatic N) is 1. The SMILES string of the molecule is C=CCCCCCCCCN(C[C@@H](O)[C@H](Cc1ccccc1)NC(=O)O[C@H]1CO[C@H]2OCC[C@H]21)C(=O)OC(CC=C)c1ccccc1. The predicted molar refractivity (Wildman–Crippen MR) is 182 cm³/mol. The fraction of sp³-hybridized carbons (Fsp3) is 0.526. The van der Waals surface area contributed by atoms with Crippen molar-refractivity contribution in [3.63, 3.8) is 0 Å². The van der Waals surface area contributed by atoms with Crippen LogP contribution in [0.5, 0.6) is 0 Å². The first kappa shape index (κ1) is 36.2. The molecule has 2 saturated heterocycles. The van der Waals surface area contributed by atoms with Gasteiger partial charge in [0.05, 0.1) is 37.8 Å². The summed E-state index contributed by atoms with van der Waals surface area (Å²) in [5, 5.41) is 14.5. The van der Waals surface area contributed by atoms with Crippen LogP contribution in [-0.2, 0) is 25.4 Å². The quantitative estimate of drug-likeness (QED) is 0.116. The first-order valence-electron chi connectivity index (χ1n) is 17.1. The molecule has 256 valence electrons. The van der Waals surface area contributed by atoms with Crippen LogP contribution in [0.2, 0.25) is 0 Å². The van der Waals surface area contributed by atoms with Crippen molar-refractivity contribution in [3.05, 3.63) is 97.1 Å². The van der Waals surface area contributed by atoms with Crippen molar-refractivity contribution >= 4 is 12.2 Å². The van der Waals surface area contributed by atoms with E-state index in [9.17, 15) is 14.7 Å². The zero-order valence-electron chi connectivity index (χ0n) is 27.5. The van der Waals surface area contributed by atoms with Crippen LogP contribution in [0.1, 0.15) is 75.0 Å². The Labute approximate surface area is 279 Å². The van der Waals surface area contributed by atoms with Crippen molar-refractivity contribution in [2.24, 2.45) is 5.92 Å². The average Bonchev–Trinajstić information content (AvgIpc) is 3.71. The summed E-state index contributed by atoms with van der Waals surface area (Å²) in [5.41, 5.74) is 1.81. The normalized spacial score (nSPS) is 20.4. The monoisotopic (exact) mass is 648 g/mol. The number of alkyl carbamates (subject to hydrolysis) is 1. The molecule has 6 atom stereocenters. The number of carbonyl (C=O) groups is 2. The molecule has 0 radical (unpaired) electrons. The highest BCUT2D eigenvalue weighted by Crippen LogP contribution is 2.33. The molecule has 0 aromatic heterocycles. The van der Waals surface area contributed by atoms with E-state index >= 15 is 0 Å². The number of rotatable bonds is 20. The number of benzene rings is 2. The Morgan fingerprint density at radius 2 is 1.66 bits per heavy atom. The number of nitrogens with one attached hydrogen (secondary N) is 1. The van der Waals surface area contributed by atoms with Gasteiger partial charge in [-0.25, -0.2) is 9.59 Å². The first-order chi connectivity index (χ1) is 23.0. The molecule has 2 aromatic carbocycles. The summed E-state index contributed by atoms with van der Waals surface area (Å²) in [6.07, 6.45) is 8.99. The van der Waals surface area contributed by atoms with Gasteiger partial charge in [-0.15, -0.1) is 13.2 Å². The number of fused-ring (bicyclic) bond motifs is 1. The summed E-state index contributed by atoms with van der Waals surface area (Å²) in [6, 6.07) is 18.5. The van der Waals surface area contributed by atoms with E-state index in [1.54, 1.807) is 11.0 Å². The predicted octanol–water partition coefficient (Wildman–Crippen LogP) is 7.12. The second kappa shape index (κ2) is 19.9. The number of aliphatic hydroxyl groups is 1. The maximum absolute atomic E-state index is 13.7. The molecule has 1 unspecified atom stereocenters. The second-order valence-electron chi connectivity index (χ2n) is 12.4. The topological polar surface area (TPSA) is 107 Å². The van der Waals surface area contributed by atoms with Crippen LogP contribution in [0.25, 0.3) is 0 Å². The standard InChI is InChI=1S/C38H52N2O7/c1-3-5-6-7-8-9-10-17-24-40(38(43)47-34(18-4-2)30-21-15-12-16-22-30)27-33(41)32(26-29-19-13-11-14-20-29)39-37(42)46-35-28-45-36-31(35)23-25-44-36/h3-4,11-16,19-22,31-36,41H,1-2,5-10,17-18,23-28H2,(H,39,42)/t31-,32-,33+,34?,35-,36+/m0/s1. The number of ether oxygens (including phenoxy) is 4. The molecule has 2 aliphatic rings. The van der Waals surface area contributed by atoms with Gasteiger partial charge in [-0.05, 0) is 43.2 Å². The van der Waals surface area contributed by atoms with Gasteiger partial charge in [0.25, 0.3) is 0 Å². The van der Waals surface area contributed by atoms with E-state index in [1.807, 2.05) is 66.7 Å². The molecule has 0 aliphatic carbocycles. The highest BCUT2D eigenvalue weighted by atomic mass is 16.7. The van der Waals surface area contributed by atoms with E-state index < -0.39 is 36.5 Å². The number of amides is 2. The second-order valence-corrected chi connectivity index (χ2v) is 12.4. The minimum atomic E-state index is -1.09. The maximum atomic E-state index is 13.7. The number of carbonyl (C=O) groups excluding carboxylic acids is 2. The number of hydrogen-bond acceptors (Lipinski definition) is 7. The lowest BCUT2D eigenvalue weighted by Crippen LogP contribution is -2.51. The molecule has 2 heterocycles. The van der Waals surface area contributed by atoms with Crippen molar-refractivity contribution in [1.29, 1.82) is 0 Å². The molecule has 2 aromatic rings. The third kappa shape index (κ3) is 11.8. The third-order valence-corrected chi connectivity index (χ3v) is 8.86. The molecular weight excluding hydrogens is 596 g/mol. The molecule has 2 aliphatic heterocycles. The lowest BCUT2D eigenvalue weighted by atomic mass is 10.0. The molecule has 0 spiro atoms. The van der Waals surface area contributed by atoms with E-state index in [2.05, 4.69) is 18.5 Å². The fourth-order valence-electron chi connectivity index (χ4n) is 6.20. The van der Waals surface area contributed by atoms with Gasteiger partial charge in [0, 0.05) is 13.0 Å². The molecular formula is C38H52N2O7. The van der Waals surface area contributed by atoms with Gasteiger partial charge in [-0.3, -0.25) is 0 Å². The number of hydrogen-bond donors (Lipinski definition) is 2. The lowest BCUT2D eigenvalue weighted by molar-refractivity contribution is -0.0907. The summed E-state index contributed by atoms with van der Waals surface area (Å²) >= 11 is 0. The summed E-state index contributed by atoms with van der Waals surface area (Å²) in [6.45, 7) is 8.89. The molecule has 0 bridgehead atoms. The number of unbranched alkanes of at least 4 members (excludes halogenated alkanes) is 6. The van der Waals surface area contributed by atoms with Gasteiger partial charge in [0.1, 0.15) is 12.2 Å². The summed E-state index contributed by atoms with van der Waals surface area (Å²) in [7, 11) is 0. The van der Waals surface area contributed by atoms with Crippen molar-refractivity contribution in [2.45, 2.75) is 94.9 Å². The van der Waals surface area contributed by atoms with Crippen LogP contribution in [0.15, 0.2) is 86.0 Å². The molecule has 2 N–H and O–H groups in total. The maximum Gasteiger partial charge on any atom is 0.410 e. The van der Waals surface area contributed by atoms with Gasteiger partial charge >= 0.3 is 12.2 Å². The number of aliphatic hydroxyl groups excluding tert-OH is 1. The van der Waals surface area contributed by atoms with Gasteiger partial charge in [0.15, 0.2) is 6.29 Å². The molecule has 47 heavy (non-hydrogen) atoms. The molecule has 2 fully saturated rings. The molecule has 9 heteroatoms. The van der Waals surface area contributed by atoms with Crippen LogP contribution in [-0.4, -0.2) is 73.0 Å². The Morgan fingerprint density at radius 1 is 0.957 bits per heavy atom. The Bertz CT molecular complexity index is 1230. The van der Waals surface area contributed by atoms with Crippen molar-refractivity contribution in [1.82, 2.24) is 10.2 Å². The van der Waals surface area contributed by atoms with E-state index in [0.29, 0.717) is 26.0 Å². The largest absolute Gasteiger partial charge is 0.443 e. The minimum absolute atomic E-state index is 0.00128. The zero-order valence-corrected chi connectivity index (χ0v) is 27.5. The van der Waals surface area contributed by atoms with Crippen LogP contribution in [0.4, 0.5) is 9.59 Å². The van der Waals surface area contributed by atoms with Gasteiger partial charge < -0.3 is 34.3 Å². The van der Waals surface area contributed by atoms with Crippen LogP contribution >= 0.6 is 0 Å². The van der Waals surface area contributed by atoms with E-state index in [1.165, 1.54) is 0 Å². The summed E-state index contributed by atoms with van der Waals surface area (Å²) < 4.78 is 23.0. The molecule has 9 nitrogen and oxygen atoms in total. The average molecular weight is 649 g/mol. The van der Waals surface area contributed by atoms with Gasteiger partial charge in [0.2, 0.25) is 0 Å². The summed E-state index contributed by atoms with van der Waals surface area (Å²) in [5.74, 6) is -0.00128. The van der Waals surface area contributed by atoms with Crippen LogP contribution in [0.3, 0.4) is 0 Å². The third-order valence-electron chi connectivity index (χ3n) is 8.86. The van der Waals surface area contributed by atoms with Crippen molar-refractivity contribution < 1.29 is 33.6 Å². The van der Waals surface area contributed by atoms with E-state index in [-0.39, 0.29) is 25.4 Å². The van der Waals surface area contributed by atoms with E-state index in [0.717, 1.165) is 62.5 Å². The minimum Gasteiger partial charge on any atom is -0.443 e. The Balaban J connectivity index is 1.43. The number of allylic oxidation sites excluding steroid dienone is 1. The Hall–Kier alpha value is -3.66. The Morgan fingerprint density at radius 3 is 2.38 bits per heavy atom. The van der Waals surface area contributed by atoms with Crippen molar-refractivity contribution in [2.75, 3.05) is 26.3 Å². The van der Waals surface area contributed by atoms with Crippen molar-refractivity contribution in [3.8, 4) is 0 Å². The molecule has 0 saturated carbocycles. The fourth-order valence-corrected chi connectivity index (χ4v) is 6.20.